The Kier molecular flexibility index (Phi) is 4.22. The zero-order valence-electron chi connectivity index (χ0n) is 12.4. The van der Waals surface area contributed by atoms with Crippen LogP contribution in [-0.4, -0.2) is 39.1 Å². The molecule has 0 amide bonds. The normalized spacial score (nSPS) is 31.4. The van der Waals surface area contributed by atoms with E-state index in [1.54, 1.807) is 7.11 Å². The standard InChI is InChI=1S/C16H23NO3S/c1-20-16-6-2-4-12(10-16)13-8-15(9-13)17-14-5-3-7-21(18,19)11-14/h2,4,6,10,13-15,17H,3,5,7-9,11H2,1H3. The van der Waals surface area contributed by atoms with E-state index in [1.807, 2.05) is 12.1 Å². The second-order valence-electron chi connectivity index (χ2n) is 6.26. The predicted octanol–water partition coefficient (Wildman–Crippen LogP) is 2.11. The number of methoxy groups -OCH3 is 1. The average Bonchev–Trinajstić information content (AvgIpc) is 2.41. The second-order valence-corrected chi connectivity index (χ2v) is 8.49. The molecule has 116 valence electrons. The van der Waals surface area contributed by atoms with Gasteiger partial charge in [0, 0.05) is 12.1 Å². The summed E-state index contributed by atoms with van der Waals surface area (Å²) >= 11 is 0. The minimum atomic E-state index is -2.82. The van der Waals surface area contributed by atoms with Crippen molar-refractivity contribution in [1.82, 2.24) is 5.32 Å². The number of hydrogen-bond donors (Lipinski definition) is 1. The van der Waals surface area contributed by atoms with E-state index >= 15 is 0 Å². The zero-order valence-corrected chi connectivity index (χ0v) is 13.2. The van der Waals surface area contributed by atoms with Crippen molar-refractivity contribution in [3.63, 3.8) is 0 Å². The van der Waals surface area contributed by atoms with Gasteiger partial charge in [0.25, 0.3) is 0 Å². The van der Waals surface area contributed by atoms with Crippen molar-refractivity contribution in [2.45, 2.75) is 43.7 Å². The first-order valence-corrected chi connectivity index (χ1v) is 9.48. The van der Waals surface area contributed by atoms with Gasteiger partial charge in [-0.05, 0) is 49.3 Å². The van der Waals surface area contributed by atoms with Crippen LogP contribution in [0.5, 0.6) is 5.75 Å². The highest BCUT2D eigenvalue weighted by atomic mass is 32.2. The Bertz CT molecular complexity index is 593. The van der Waals surface area contributed by atoms with Crippen LogP contribution in [0.25, 0.3) is 0 Å². The van der Waals surface area contributed by atoms with Crippen molar-refractivity contribution in [2.75, 3.05) is 18.6 Å². The van der Waals surface area contributed by atoms with Crippen LogP contribution in [0.3, 0.4) is 0 Å². The molecular weight excluding hydrogens is 286 g/mol. The molecule has 0 spiro atoms. The van der Waals surface area contributed by atoms with Gasteiger partial charge in [-0.3, -0.25) is 0 Å². The molecule has 1 unspecified atom stereocenters. The maximum Gasteiger partial charge on any atom is 0.151 e. The SMILES string of the molecule is COc1cccc(C2CC(NC3CCCS(=O)(=O)C3)C2)c1. The third-order valence-electron chi connectivity index (χ3n) is 4.64. The van der Waals surface area contributed by atoms with Gasteiger partial charge >= 0.3 is 0 Å². The Morgan fingerprint density at radius 3 is 2.76 bits per heavy atom. The van der Waals surface area contributed by atoms with Crippen LogP contribution < -0.4 is 10.1 Å². The number of ether oxygens (including phenoxy) is 1. The average molecular weight is 309 g/mol. The lowest BCUT2D eigenvalue weighted by atomic mass is 9.75. The third kappa shape index (κ3) is 3.58. The van der Waals surface area contributed by atoms with E-state index < -0.39 is 9.84 Å². The van der Waals surface area contributed by atoms with Gasteiger partial charge < -0.3 is 10.1 Å². The molecular formula is C16H23NO3S. The molecule has 5 heteroatoms. The molecule has 0 radical (unpaired) electrons. The monoisotopic (exact) mass is 309 g/mol. The van der Waals surface area contributed by atoms with Crippen LogP contribution in [-0.2, 0) is 9.84 Å². The van der Waals surface area contributed by atoms with Crippen molar-refractivity contribution in [1.29, 1.82) is 0 Å². The fraction of sp³-hybridized carbons (Fsp3) is 0.625. The maximum atomic E-state index is 11.7. The molecule has 4 nitrogen and oxygen atoms in total. The topological polar surface area (TPSA) is 55.4 Å². The van der Waals surface area contributed by atoms with Crippen LogP contribution in [0.1, 0.15) is 37.2 Å². The number of rotatable bonds is 4. The summed E-state index contributed by atoms with van der Waals surface area (Å²) in [5.74, 6) is 2.15. The summed E-state index contributed by atoms with van der Waals surface area (Å²) in [5, 5.41) is 3.53. The van der Waals surface area contributed by atoms with Gasteiger partial charge in [-0.25, -0.2) is 8.42 Å². The largest absolute Gasteiger partial charge is 0.497 e. The summed E-state index contributed by atoms with van der Waals surface area (Å²) in [6.07, 6.45) is 3.96. The van der Waals surface area contributed by atoms with Gasteiger partial charge in [0.2, 0.25) is 0 Å². The van der Waals surface area contributed by atoms with E-state index in [9.17, 15) is 8.42 Å². The molecule has 2 aliphatic rings. The molecule has 3 rings (SSSR count). The number of hydrogen-bond acceptors (Lipinski definition) is 4. The molecule has 1 aliphatic carbocycles. The van der Waals surface area contributed by atoms with Gasteiger partial charge in [0.1, 0.15) is 5.75 Å². The molecule has 1 aromatic carbocycles. The van der Waals surface area contributed by atoms with E-state index in [1.165, 1.54) is 5.56 Å². The summed E-state index contributed by atoms with van der Waals surface area (Å²) in [5.41, 5.74) is 1.32. The van der Waals surface area contributed by atoms with Crippen molar-refractivity contribution in [2.24, 2.45) is 0 Å². The first-order valence-electron chi connectivity index (χ1n) is 7.66. The molecule has 1 saturated carbocycles. The van der Waals surface area contributed by atoms with Crippen LogP contribution in [0.4, 0.5) is 0 Å². The zero-order chi connectivity index (χ0) is 14.9. The summed E-state index contributed by atoms with van der Waals surface area (Å²) in [4.78, 5) is 0. The van der Waals surface area contributed by atoms with Gasteiger partial charge in [-0.1, -0.05) is 12.1 Å². The van der Waals surface area contributed by atoms with Crippen LogP contribution in [0.15, 0.2) is 24.3 Å². The minimum Gasteiger partial charge on any atom is -0.497 e. The van der Waals surface area contributed by atoms with Crippen LogP contribution in [0, 0.1) is 0 Å². The lowest BCUT2D eigenvalue weighted by Gasteiger charge is -2.39. The first kappa shape index (κ1) is 14.9. The van der Waals surface area contributed by atoms with Crippen LogP contribution >= 0.6 is 0 Å². The lowest BCUT2D eigenvalue weighted by molar-refractivity contribution is 0.263. The fourth-order valence-electron chi connectivity index (χ4n) is 3.41. The molecule has 0 aromatic heterocycles. The molecule has 1 atom stereocenters. The Labute approximate surface area is 126 Å². The van der Waals surface area contributed by atoms with E-state index in [0.29, 0.717) is 23.5 Å². The van der Waals surface area contributed by atoms with Crippen molar-refractivity contribution >= 4 is 9.84 Å². The van der Waals surface area contributed by atoms with Gasteiger partial charge in [0.05, 0.1) is 18.6 Å². The van der Waals surface area contributed by atoms with Crippen molar-refractivity contribution < 1.29 is 13.2 Å². The summed E-state index contributed by atoms with van der Waals surface area (Å²) in [7, 11) is -1.13. The molecule has 1 aromatic rings. The first-order chi connectivity index (χ1) is 10.1. The molecule has 1 N–H and O–H groups in total. The third-order valence-corrected chi connectivity index (χ3v) is 6.46. The molecule has 2 fully saturated rings. The minimum absolute atomic E-state index is 0.153. The predicted molar refractivity (Wildman–Crippen MR) is 83.6 cm³/mol. The Morgan fingerprint density at radius 1 is 1.24 bits per heavy atom. The number of sulfone groups is 1. The Balaban J connectivity index is 1.51. The van der Waals surface area contributed by atoms with E-state index in [4.69, 9.17) is 4.74 Å². The molecule has 1 saturated heterocycles. The summed E-state index contributed by atoms with van der Waals surface area (Å²) in [6.45, 7) is 0. The highest BCUT2D eigenvalue weighted by Crippen LogP contribution is 2.38. The van der Waals surface area contributed by atoms with E-state index in [0.717, 1.165) is 31.4 Å². The smallest absolute Gasteiger partial charge is 0.151 e. The summed E-state index contributed by atoms with van der Waals surface area (Å²) in [6, 6.07) is 8.85. The van der Waals surface area contributed by atoms with E-state index in [2.05, 4.69) is 17.4 Å². The molecule has 21 heavy (non-hydrogen) atoms. The Morgan fingerprint density at radius 2 is 2.05 bits per heavy atom. The second kappa shape index (κ2) is 5.97. The van der Waals surface area contributed by atoms with Crippen LogP contribution in [0.2, 0.25) is 0 Å². The van der Waals surface area contributed by atoms with Gasteiger partial charge in [0.15, 0.2) is 9.84 Å². The quantitative estimate of drug-likeness (QED) is 0.925. The van der Waals surface area contributed by atoms with Crippen molar-refractivity contribution in [3.8, 4) is 5.75 Å². The highest BCUT2D eigenvalue weighted by molar-refractivity contribution is 7.91. The molecule has 1 aliphatic heterocycles. The molecule has 1 heterocycles. The lowest BCUT2D eigenvalue weighted by Crippen LogP contribution is -2.49. The molecule has 0 bridgehead atoms. The fourth-order valence-corrected chi connectivity index (χ4v) is 5.06. The highest BCUT2D eigenvalue weighted by Gasteiger charge is 2.34. The van der Waals surface area contributed by atoms with Crippen molar-refractivity contribution in [3.05, 3.63) is 29.8 Å². The summed E-state index contributed by atoms with van der Waals surface area (Å²) < 4.78 is 28.6. The maximum absolute atomic E-state index is 11.7. The van der Waals surface area contributed by atoms with Gasteiger partial charge in [-0.2, -0.15) is 0 Å². The van der Waals surface area contributed by atoms with Gasteiger partial charge in [-0.15, -0.1) is 0 Å². The Hall–Kier alpha value is -1.07. The number of nitrogens with one attached hydrogen (secondary N) is 1. The number of benzene rings is 1. The van der Waals surface area contributed by atoms with E-state index in [-0.39, 0.29) is 6.04 Å².